The van der Waals surface area contributed by atoms with Crippen molar-refractivity contribution in [3.8, 4) is 11.4 Å². The van der Waals surface area contributed by atoms with Crippen LogP contribution in [0.2, 0.25) is 0 Å². The number of fused-ring (bicyclic) bond motifs is 2. The Balaban J connectivity index is 1.47. The summed E-state index contributed by atoms with van der Waals surface area (Å²) in [5.74, 6) is 1.51. The highest BCUT2D eigenvalue weighted by molar-refractivity contribution is 5.81. The zero-order valence-corrected chi connectivity index (χ0v) is 16.7. The first-order valence-corrected chi connectivity index (χ1v) is 9.55. The number of rotatable bonds is 5. The molecule has 0 fully saturated rings. The molecular weight excluding hydrogens is 423 g/mol. The molecule has 2 aromatic carbocycles. The molecule has 0 spiro atoms. The van der Waals surface area contributed by atoms with Gasteiger partial charge in [-0.25, -0.2) is 9.97 Å². The van der Waals surface area contributed by atoms with Crippen molar-refractivity contribution in [1.29, 1.82) is 0 Å². The lowest BCUT2D eigenvalue weighted by Gasteiger charge is -2.07. The smallest absolute Gasteiger partial charge is 0.377 e. The van der Waals surface area contributed by atoms with Gasteiger partial charge in [0.15, 0.2) is 11.5 Å². The number of ether oxygens (including phenoxy) is 1. The molecule has 0 atom stereocenters. The van der Waals surface area contributed by atoms with Gasteiger partial charge in [-0.05, 0) is 42.5 Å². The number of aromatic amines is 1. The summed E-state index contributed by atoms with van der Waals surface area (Å²) in [7, 11) is 1.60. The van der Waals surface area contributed by atoms with Gasteiger partial charge in [0, 0.05) is 30.6 Å². The zero-order valence-electron chi connectivity index (χ0n) is 16.7. The topological polar surface area (TPSA) is 93.0 Å². The first-order chi connectivity index (χ1) is 15.4. The predicted octanol–water partition coefficient (Wildman–Crippen LogP) is 4.58. The van der Waals surface area contributed by atoms with Gasteiger partial charge in [-0.3, -0.25) is 0 Å². The van der Waals surface area contributed by atoms with Crippen LogP contribution in [0.5, 0.6) is 0 Å². The van der Waals surface area contributed by atoms with Crippen LogP contribution in [0.25, 0.3) is 28.1 Å². The highest BCUT2D eigenvalue weighted by Gasteiger charge is 2.30. The van der Waals surface area contributed by atoms with Crippen LogP contribution in [0, 0.1) is 0 Å². The molecule has 5 aromatic rings. The molecule has 32 heavy (non-hydrogen) atoms. The Labute approximate surface area is 179 Å². The van der Waals surface area contributed by atoms with Gasteiger partial charge in [0.1, 0.15) is 12.4 Å². The number of anilines is 2. The van der Waals surface area contributed by atoms with Crippen LogP contribution in [0.4, 0.5) is 24.8 Å². The second kappa shape index (κ2) is 7.61. The Hall–Kier alpha value is -3.99. The van der Waals surface area contributed by atoms with E-state index in [9.17, 15) is 13.2 Å². The van der Waals surface area contributed by atoms with Crippen molar-refractivity contribution < 1.29 is 17.9 Å². The number of nitrogens with zero attached hydrogens (tertiary/aromatic N) is 5. The van der Waals surface area contributed by atoms with Gasteiger partial charge < -0.3 is 15.0 Å². The Morgan fingerprint density at radius 3 is 2.62 bits per heavy atom. The van der Waals surface area contributed by atoms with E-state index in [0.29, 0.717) is 23.8 Å². The Morgan fingerprint density at radius 1 is 1.06 bits per heavy atom. The van der Waals surface area contributed by atoms with Gasteiger partial charge in [-0.15, -0.1) is 5.10 Å². The number of benzene rings is 2. The van der Waals surface area contributed by atoms with Crippen LogP contribution in [0.1, 0.15) is 11.4 Å². The summed E-state index contributed by atoms with van der Waals surface area (Å²) in [6, 6.07) is 12.0. The quantitative estimate of drug-likeness (QED) is 0.417. The molecule has 2 N–H and O–H groups in total. The number of H-pyrrole nitrogens is 1. The van der Waals surface area contributed by atoms with E-state index >= 15 is 0 Å². The largest absolute Gasteiger partial charge is 0.416 e. The average Bonchev–Trinajstić information content (AvgIpc) is 3.35. The van der Waals surface area contributed by atoms with Crippen LogP contribution in [-0.2, 0) is 17.5 Å². The van der Waals surface area contributed by atoms with Crippen molar-refractivity contribution in [2.24, 2.45) is 0 Å². The molecule has 11 heteroatoms. The van der Waals surface area contributed by atoms with Gasteiger partial charge in [0.05, 0.1) is 16.6 Å². The van der Waals surface area contributed by atoms with E-state index in [4.69, 9.17) is 4.74 Å². The van der Waals surface area contributed by atoms with Crippen molar-refractivity contribution in [3.05, 3.63) is 66.1 Å². The number of hydrogen-bond acceptors (Lipinski definition) is 6. The second-order valence-electron chi connectivity index (χ2n) is 7.02. The van der Waals surface area contributed by atoms with Gasteiger partial charge >= 0.3 is 6.18 Å². The van der Waals surface area contributed by atoms with Crippen molar-refractivity contribution in [2.45, 2.75) is 12.8 Å². The average molecular weight is 439 g/mol. The number of halogens is 3. The van der Waals surface area contributed by atoms with E-state index in [-0.39, 0.29) is 5.95 Å². The van der Waals surface area contributed by atoms with Crippen LogP contribution >= 0.6 is 0 Å². The maximum Gasteiger partial charge on any atom is 0.416 e. The van der Waals surface area contributed by atoms with E-state index in [2.05, 4.69) is 30.4 Å². The minimum atomic E-state index is -4.39. The minimum absolute atomic E-state index is 0.240. The van der Waals surface area contributed by atoms with E-state index < -0.39 is 11.7 Å². The van der Waals surface area contributed by atoms with E-state index in [0.717, 1.165) is 34.6 Å². The van der Waals surface area contributed by atoms with Crippen LogP contribution in [0.3, 0.4) is 0 Å². The number of alkyl halides is 3. The second-order valence-corrected chi connectivity index (χ2v) is 7.02. The summed E-state index contributed by atoms with van der Waals surface area (Å²) in [4.78, 5) is 16.5. The number of imidazole rings is 1. The molecule has 0 unspecified atom stereocenters. The number of aromatic nitrogens is 6. The summed E-state index contributed by atoms with van der Waals surface area (Å²) >= 11 is 0. The molecule has 8 nitrogen and oxygen atoms in total. The molecular formula is C21H16F3N7O. The fourth-order valence-corrected chi connectivity index (χ4v) is 3.35. The molecule has 3 aromatic heterocycles. The molecule has 0 bridgehead atoms. The monoisotopic (exact) mass is 439 g/mol. The third kappa shape index (κ3) is 3.73. The van der Waals surface area contributed by atoms with Crippen LogP contribution < -0.4 is 5.32 Å². The maximum absolute atomic E-state index is 12.8. The normalized spacial score (nSPS) is 12.0. The summed E-state index contributed by atoms with van der Waals surface area (Å²) in [6.07, 6.45) is -2.77. The van der Waals surface area contributed by atoms with Gasteiger partial charge in [-0.1, -0.05) is 0 Å². The number of methoxy groups -OCH3 is 1. The number of nitrogens with one attached hydrogen (secondary N) is 2. The summed E-state index contributed by atoms with van der Waals surface area (Å²) in [5, 5.41) is 7.36. The van der Waals surface area contributed by atoms with Crippen molar-refractivity contribution in [1.82, 2.24) is 29.5 Å². The lowest BCUT2D eigenvalue weighted by molar-refractivity contribution is -0.137. The lowest BCUT2D eigenvalue weighted by atomic mass is 10.2. The highest BCUT2D eigenvalue weighted by atomic mass is 19.4. The highest BCUT2D eigenvalue weighted by Crippen LogP contribution is 2.30. The van der Waals surface area contributed by atoms with Crippen molar-refractivity contribution in [2.75, 3.05) is 12.4 Å². The summed E-state index contributed by atoms with van der Waals surface area (Å²) in [6.45, 7) is 0.375. The molecule has 3 heterocycles. The molecule has 0 saturated carbocycles. The van der Waals surface area contributed by atoms with Gasteiger partial charge in [-0.2, -0.15) is 22.7 Å². The predicted molar refractivity (Wildman–Crippen MR) is 111 cm³/mol. The van der Waals surface area contributed by atoms with Crippen molar-refractivity contribution in [3.63, 3.8) is 0 Å². The lowest BCUT2D eigenvalue weighted by Crippen LogP contribution is -2.04. The number of hydrogen-bond donors (Lipinski definition) is 2. The SMILES string of the molecule is COCc1nc2ccc(-c3nccc4nc(Nc5ccc(C(F)(F)F)cc5)nn34)cc2[nH]1. The Morgan fingerprint density at radius 2 is 1.88 bits per heavy atom. The van der Waals surface area contributed by atoms with E-state index in [1.54, 1.807) is 23.9 Å². The zero-order chi connectivity index (χ0) is 22.3. The summed E-state index contributed by atoms with van der Waals surface area (Å²) < 4.78 is 45.0. The molecule has 0 aliphatic rings. The molecule has 0 aliphatic carbocycles. The third-order valence-electron chi connectivity index (χ3n) is 4.79. The Bertz CT molecular complexity index is 1410. The van der Waals surface area contributed by atoms with Gasteiger partial charge in [0.25, 0.3) is 0 Å². The molecule has 0 saturated heterocycles. The van der Waals surface area contributed by atoms with Crippen LogP contribution in [-0.4, -0.2) is 36.7 Å². The first kappa shape index (κ1) is 19.9. The molecule has 162 valence electrons. The molecule has 0 amide bonds. The standard InChI is InChI=1S/C21H16F3N7O/c1-32-11-17-27-15-7-2-12(10-16(15)28-17)19-25-9-8-18-29-20(30-31(18)19)26-14-5-3-13(4-6-14)21(22,23)24/h2-10H,11H2,1H3,(H,26,30)(H,27,28). The molecule has 5 rings (SSSR count). The molecule has 0 aliphatic heterocycles. The maximum atomic E-state index is 12.8. The van der Waals surface area contributed by atoms with Gasteiger partial charge in [0.2, 0.25) is 5.95 Å². The first-order valence-electron chi connectivity index (χ1n) is 9.55. The van der Waals surface area contributed by atoms with E-state index in [1.807, 2.05) is 18.2 Å². The Kier molecular flexibility index (Phi) is 4.74. The summed E-state index contributed by atoms with van der Waals surface area (Å²) in [5.41, 5.74) is 2.68. The third-order valence-corrected chi connectivity index (χ3v) is 4.79. The van der Waals surface area contributed by atoms with Crippen LogP contribution in [0.15, 0.2) is 54.7 Å². The molecule has 0 radical (unpaired) electrons. The van der Waals surface area contributed by atoms with E-state index in [1.165, 1.54) is 12.1 Å². The fraction of sp³-hybridized carbons (Fsp3) is 0.143. The van der Waals surface area contributed by atoms with Crippen molar-refractivity contribution >= 4 is 28.3 Å². The minimum Gasteiger partial charge on any atom is -0.377 e. The fourth-order valence-electron chi connectivity index (χ4n) is 3.35.